The molecule has 1 N–H and O–H groups in total. The molecule has 1 fully saturated rings. The third kappa shape index (κ3) is 2.45. The Bertz CT molecular complexity index is 585. The number of aromatic nitrogens is 3. The first-order chi connectivity index (χ1) is 9.81. The maximum absolute atomic E-state index is 4.69. The van der Waals surface area contributed by atoms with Crippen molar-refractivity contribution in [1.29, 1.82) is 0 Å². The predicted octanol–water partition coefficient (Wildman–Crippen LogP) is 1.99. The molecule has 1 saturated heterocycles. The summed E-state index contributed by atoms with van der Waals surface area (Å²) in [6.45, 7) is 6.36. The Kier molecular flexibility index (Phi) is 3.78. The second kappa shape index (κ2) is 5.71. The largest absolute Gasteiger partial charge is 0.334 e. The van der Waals surface area contributed by atoms with Crippen LogP contribution in [0.4, 0.5) is 5.95 Å². The predicted molar refractivity (Wildman–Crippen MR) is 80.8 cm³/mol. The Morgan fingerprint density at radius 2 is 1.95 bits per heavy atom. The van der Waals surface area contributed by atoms with E-state index in [2.05, 4.69) is 34.3 Å². The van der Waals surface area contributed by atoms with Gasteiger partial charge in [0.05, 0.1) is 5.52 Å². The smallest absolute Gasteiger partial charge is 0.246 e. The molecule has 1 aromatic carbocycles. The molecule has 3 rings (SSSR count). The molecule has 2 heterocycles. The molecule has 1 aliphatic heterocycles. The molecule has 20 heavy (non-hydrogen) atoms. The van der Waals surface area contributed by atoms with Crippen molar-refractivity contribution in [3.8, 4) is 0 Å². The highest BCUT2D eigenvalue weighted by Gasteiger charge is 2.28. The van der Waals surface area contributed by atoms with Gasteiger partial charge in [-0.25, -0.2) is 4.98 Å². The molecular formula is C15H21N5. The first-order valence-electron chi connectivity index (χ1n) is 7.41. The average molecular weight is 271 g/mol. The van der Waals surface area contributed by atoms with E-state index >= 15 is 0 Å². The maximum Gasteiger partial charge on any atom is 0.246 e. The first-order valence-corrected chi connectivity index (χ1v) is 7.41. The van der Waals surface area contributed by atoms with Gasteiger partial charge in [0.1, 0.15) is 5.52 Å². The topological polar surface area (TPSA) is 53.9 Å². The summed E-state index contributed by atoms with van der Waals surface area (Å²) in [6.07, 6.45) is 2.20. The number of nitrogens with zero attached hydrogens (tertiary/aromatic N) is 4. The van der Waals surface area contributed by atoms with Crippen LogP contribution in [0.25, 0.3) is 11.0 Å². The van der Waals surface area contributed by atoms with Crippen LogP contribution in [0.2, 0.25) is 0 Å². The van der Waals surface area contributed by atoms with Crippen molar-refractivity contribution in [2.24, 2.45) is 0 Å². The number of hydrogen-bond acceptors (Lipinski definition) is 5. The van der Waals surface area contributed by atoms with E-state index in [-0.39, 0.29) is 0 Å². The minimum absolute atomic E-state index is 0.445. The molecule has 0 radical (unpaired) electrons. The van der Waals surface area contributed by atoms with E-state index in [1.807, 2.05) is 24.3 Å². The molecule has 106 valence electrons. The standard InChI is InChI=1S/C15H21N5/c1-3-11-10-20(12(4-2)9-16-11)15-17-13-7-5-6-8-14(13)18-19-15/h5-8,11-12,16H,3-4,9-10H2,1-2H3. The Morgan fingerprint density at radius 3 is 2.70 bits per heavy atom. The summed E-state index contributed by atoms with van der Waals surface area (Å²) in [5.41, 5.74) is 1.77. The summed E-state index contributed by atoms with van der Waals surface area (Å²) < 4.78 is 0. The summed E-state index contributed by atoms with van der Waals surface area (Å²) in [5, 5.41) is 12.2. The van der Waals surface area contributed by atoms with Gasteiger partial charge in [-0.15, -0.1) is 10.2 Å². The minimum Gasteiger partial charge on any atom is -0.334 e. The lowest BCUT2D eigenvalue weighted by Crippen LogP contribution is -2.56. The maximum atomic E-state index is 4.69. The van der Waals surface area contributed by atoms with Gasteiger partial charge in [0.15, 0.2) is 0 Å². The van der Waals surface area contributed by atoms with Crippen molar-refractivity contribution < 1.29 is 0 Å². The van der Waals surface area contributed by atoms with Crippen LogP contribution in [0.1, 0.15) is 26.7 Å². The highest BCUT2D eigenvalue weighted by Crippen LogP contribution is 2.19. The highest BCUT2D eigenvalue weighted by atomic mass is 15.4. The van der Waals surface area contributed by atoms with Gasteiger partial charge < -0.3 is 10.2 Å². The van der Waals surface area contributed by atoms with Gasteiger partial charge in [0, 0.05) is 25.2 Å². The van der Waals surface area contributed by atoms with Crippen molar-refractivity contribution >= 4 is 17.0 Å². The average Bonchev–Trinajstić information content (AvgIpc) is 2.53. The van der Waals surface area contributed by atoms with Crippen molar-refractivity contribution in [2.75, 3.05) is 18.0 Å². The Morgan fingerprint density at radius 1 is 1.15 bits per heavy atom. The van der Waals surface area contributed by atoms with E-state index in [1.54, 1.807) is 0 Å². The summed E-state index contributed by atoms with van der Waals surface area (Å²) in [4.78, 5) is 7.00. The normalized spacial score (nSPS) is 23.2. The van der Waals surface area contributed by atoms with Gasteiger partial charge in [0.2, 0.25) is 5.95 Å². The molecule has 2 atom stereocenters. The molecular weight excluding hydrogens is 250 g/mol. The van der Waals surface area contributed by atoms with Crippen LogP contribution in [-0.4, -0.2) is 40.4 Å². The third-order valence-corrected chi connectivity index (χ3v) is 4.07. The molecule has 1 aliphatic rings. The quantitative estimate of drug-likeness (QED) is 0.925. The fourth-order valence-corrected chi connectivity index (χ4v) is 2.74. The number of hydrogen-bond donors (Lipinski definition) is 1. The van der Waals surface area contributed by atoms with Gasteiger partial charge in [-0.1, -0.05) is 26.0 Å². The molecule has 0 saturated carbocycles. The Labute approximate surface area is 119 Å². The molecule has 0 bridgehead atoms. The fraction of sp³-hybridized carbons (Fsp3) is 0.533. The molecule has 5 nitrogen and oxygen atoms in total. The van der Waals surface area contributed by atoms with E-state index in [0.29, 0.717) is 12.1 Å². The third-order valence-electron chi connectivity index (χ3n) is 4.07. The number of anilines is 1. The van der Waals surface area contributed by atoms with Gasteiger partial charge in [-0.3, -0.25) is 0 Å². The zero-order chi connectivity index (χ0) is 13.9. The van der Waals surface area contributed by atoms with Gasteiger partial charge in [-0.2, -0.15) is 0 Å². The lowest BCUT2D eigenvalue weighted by molar-refractivity contribution is 0.374. The number of para-hydroxylation sites is 1. The number of rotatable bonds is 3. The van der Waals surface area contributed by atoms with Gasteiger partial charge in [-0.05, 0) is 25.0 Å². The number of fused-ring (bicyclic) bond motifs is 1. The minimum atomic E-state index is 0.445. The van der Waals surface area contributed by atoms with E-state index < -0.39 is 0 Å². The van der Waals surface area contributed by atoms with Crippen LogP contribution >= 0.6 is 0 Å². The van der Waals surface area contributed by atoms with Crippen molar-refractivity contribution in [2.45, 2.75) is 38.8 Å². The molecule has 2 aromatic rings. The summed E-state index contributed by atoms with van der Waals surface area (Å²) in [7, 11) is 0. The van der Waals surface area contributed by atoms with E-state index in [9.17, 15) is 0 Å². The molecule has 2 unspecified atom stereocenters. The van der Waals surface area contributed by atoms with Gasteiger partial charge >= 0.3 is 0 Å². The molecule has 0 amide bonds. The van der Waals surface area contributed by atoms with Crippen LogP contribution < -0.4 is 10.2 Å². The fourth-order valence-electron chi connectivity index (χ4n) is 2.74. The molecule has 0 aliphatic carbocycles. The monoisotopic (exact) mass is 271 g/mol. The lowest BCUT2D eigenvalue weighted by atomic mass is 10.1. The summed E-state index contributed by atoms with van der Waals surface area (Å²) in [6, 6.07) is 8.85. The Hall–Kier alpha value is -1.75. The second-order valence-corrected chi connectivity index (χ2v) is 5.33. The zero-order valence-electron chi connectivity index (χ0n) is 12.1. The Balaban J connectivity index is 1.94. The van der Waals surface area contributed by atoms with Gasteiger partial charge in [0.25, 0.3) is 0 Å². The summed E-state index contributed by atoms with van der Waals surface area (Å²) in [5.74, 6) is 0.760. The van der Waals surface area contributed by atoms with Crippen molar-refractivity contribution in [1.82, 2.24) is 20.5 Å². The van der Waals surface area contributed by atoms with E-state index in [1.165, 1.54) is 0 Å². The zero-order valence-corrected chi connectivity index (χ0v) is 12.1. The van der Waals surface area contributed by atoms with E-state index in [4.69, 9.17) is 4.98 Å². The van der Waals surface area contributed by atoms with E-state index in [0.717, 1.165) is 42.9 Å². The number of benzene rings is 1. The van der Waals surface area contributed by atoms with Crippen LogP contribution in [0.5, 0.6) is 0 Å². The highest BCUT2D eigenvalue weighted by molar-refractivity contribution is 5.74. The van der Waals surface area contributed by atoms with Crippen LogP contribution in [0.3, 0.4) is 0 Å². The summed E-state index contributed by atoms with van der Waals surface area (Å²) >= 11 is 0. The molecule has 1 aromatic heterocycles. The number of nitrogens with one attached hydrogen (secondary N) is 1. The SMILES string of the molecule is CCC1CN(c2nnc3ccccc3n2)C(CC)CN1. The second-order valence-electron chi connectivity index (χ2n) is 5.33. The van der Waals surface area contributed by atoms with Crippen LogP contribution in [0, 0.1) is 0 Å². The molecule has 0 spiro atoms. The van der Waals surface area contributed by atoms with Crippen LogP contribution in [0.15, 0.2) is 24.3 Å². The number of piperazine rings is 1. The first kappa shape index (κ1) is 13.2. The lowest BCUT2D eigenvalue weighted by Gasteiger charge is -2.39. The molecule has 5 heteroatoms. The van der Waals surface area contributed by atoms with Crippen molar-refractivity contribution in [3.05, 3.63) is 24.3 Å². The van der Waals surface area contributed by atoms with Crippen LogP contribution in [-0.2, 0) is 0 Å². The van der Waals surface area contributed by atoms with Crippen molar-refractivity contribution in [3.63, 3.8) is 0 Å².